The number of pyridine rings is 1. The van der Waals surface area contributed by atoms with E-state index >= 15 is 0 Å². The van der Waals surface area contributed by atoms with Gasteiger partial charge in [0.25, 0.3) is 0 Å². The van der Waals surface area contributed by atoms with Gasteiger partial charge in [-0.1, -0.05) is 0 Å². The van der Waals surface area contributed by atoms with Crippen molar-refractivity contribution in [3.8, 4) is 0 Å². The summed E-state index contributed by atoms with van der Waals surface area (Å²) >= 11 is 0. The monoisotopic (exact) mass is 281 g/mol. The summed E-state index contributed by atoms with van der Waals surface area (Å²) in [7, 11) is 3.38. The molecule has 0 bridgehead atoms. The molecule has 0 radical (unpaired) electrons. The average Bonchev–Trinajstić information content (AvgIpc) is 2.63. The van der Waals surface area contributed by atoms with Gasteiger partial charge in [-0.15, -0.1) is 0 Å². The molecule has 0 amide bonds. The van der Waals surface area contributed by atoms with E-state index in [2.05, 4.69) is 20.7 Å². The van der Waals surface area contributed by atoms with Gasteiger partial charge in [-0.05, 0) is 13.8 Å². The fraction of sp³-hybridized carbons (Fsp3) is 0.385. The third-order valence-corrected chi connectivity index (χ3v) is 3.26. The SMILES string of the molecule is CNc1nc(NCc2c(C)nn(C)c2C)c(F)cc1F. The van der Waals surface area contributed by atoms with Crippen LogP contribution in [0, 0.1) is 25.5 Å². The third-order valence-electron chi connectivity index (χ3n) is 3.26. The summed E-state index contributed by atoms with van der Waals surface area (Å²) in [5.41, 5.74) is 2.84. The van der Waals surface area contributed by atoms with Crippen LogP contribution in [-0.4, -0.2) is 21.8 Å². The minimum absolute atomic E-state index is 0.00790. The minimum Gasteiger partial charge on any atom is -0.371 e. The minimum atomic E-state index is -0.722. The summed E-state index contributed by atoms with van der Waals surface area (Å²) in [5, 5.41) is 9.74. The van der Waals surface area contributed by atoms with Crippen molar-refractivity contribution >= 4 is 11.6 Å². The topological polar surface area (TPSA) is 54.8 Å². The highest BCUT2D eigenvalue weighted by Crippen LogP contribution is 2.20. The van der Waals surface area contributed by atoms with Gasteiger partial charge in [0.05, 0.1) is 5.69 Å². The summed E-state index contributed by atoms with van der Waals surface area (Å²) in [4.78, 5) is 3.87. The summed E-state index contributed by atoms with van der Waals surface area (Å²) in [6.07, 6.45) is 0. The van der Waals surface area contributed by atoms with Gasteiger partial charge in [-0.2, -0.15) is 5.10 Å². The molecule has 2 aromatic heterocycles. The van der Waals surface area contributed by atoms with Crippen LogP contribution >= 0.6 is 0 Å². The number of hydrogen-bond acceptors (Lipinski definition) is 4. The van der Waals surface area contributed by atoms with Crippen LogP contribution in [0.2, 0.25) is 0 Å². The van der Waals surface area contributed by atoms with E-state index in [-0.39, 0.29) is 11.6 Å². The van der Waals surface area contributed by atoms with Gasteiger partial charge in [-0.25, -0.2) is 13.8 Å². The molecule has 2 N–H and O–H groups in total. The highest BCUT2D eigenvalue weighted by atomic mass is 19.1. The number of halogens is 2. The molecule has 2 heterocycles. The van der Waals surface area contributed by atoms with Gasteiger partial charge in [0.2, 0.25) is 0 Å². The van der Waals surface area contributed by atoms with E-state index in [1.54, 1.807) is 4.68 Å². The van der Waals surface area contributed by atoms with Gasteiger partial charge in [0, 0.05) is 38.0 Å². The second-order valence-corrected chi connectivity index (χ2v) is 4.53. The van der Waals surface area contributed by atoms with E-state index < -0.39 is 11.6 Å². The molecule has 0 saturated heterocycles. The molecule has 2 rings (SSSR count). The number of anilines is 2. The maximum absolute atomic E-state index is 13.7. The molecule has 0 aliphatic heterocycles. The van der Waals surface area contributed by atoms with Crippen molar-refractivity contribution in [2.24, 2.45) is 7.05 Å². The lowest BCUT2D eigenvalue weighted by Gasteiger charge is -2.09. The van der Waals surface area contributed by atoms with Crippen molar-refractivity contribution in [3.63, 3.8) is 0 Å². The molecule has 20 heavy (non-hydrogen) atoms. The lowest BCUT2D eigenvalue weighted by atomic mass is 10.2. The van der Waals surface area contributed by atoms with Crippen molar-refractivity contribution < 1.29 is 8.78 Å². The molecule has 0 fully saturated rings. The standard InChI is InChI=1S/C13H17F2N5/c1-7-9(8(2)20(4)19-7)6-17-13-11(15)5-10(14)12(16-3)18-13/h5H,6H2,1-4H3,(H2,16,17,18). The van der Waals surface area contributed by atoms with Crippen molar-refractivity contribution in [3.05, 3.63) is 34.7 Å². The predicted molar refractivity (Wildman–Crippen MR) is 73.7 cm³/mol. The largest absolute Gasteiger partial charge is 0.371 e. The van der Waals surface area contributed by atoms with Gasteiger partial charge in [0.1, 0.15) is 0 Å². The first-order valence-electron chi connectivity index (χ1n) is 6.20. The van der Waals surface area contributed by atoms with Crippen LogP contribution in [0.3, 0.4) is 0 Å². The molecule has 0 aliphatic rings. The Labute approximate surface area is 116 Å². The Morgan fingerprint density at radius 3 is 2.40 bits per heavy atom. The number of aromatic nitrogens is 3. The molecule has 0 aromatic carbocycles. The van der Waals surface area contributed by atoms with Crippen LogP contribution in [-0.2, 0) is 13.6 Å². The van der Waals surface area contributed by atoms with Gasteiger partial charge in [-0.3, -0.25) is 4.68 Å². The highest BCUT2D eigenvalue weighted by Gasteiger charge is 2.13. The molecular formula is C13H17F2N5. The van der Waals surface area contributed by atoms with E-state index in [1.807, 2.05) is 20.9 Å². The normalized spacial score (nSPS) is 10.7. The zero-order chi connectivity index (χ0) is 14.9. The van der Waals surface area contributed by atoms with Crippen molar-refractivity contribution in [2.45, 2.75) is 20.4 Å². The summed E-state index contributed by atoms with van der Waals surface area (Å²) in [6, 6.07) is 0.810. The smallest absolute Gasteiger partial charge is 0.168 e. The van der Waals surface area contributed by atoms with E-state index in [4.69, 9.17) is 0 Å². The van der Waals surface area contributed by atoms with Gasteiger partial charge >= 0.3 is 0 Å². The van der Waals surface area contributed by atoms with Crippen LogP contribution in [0.1, 0.15) is 17.0 Å². The van der Waals surface area contributed by atoms with Crippen LogP contribution < -0.4 is 10.6 Å². The Morgan fingerprint density at radius 1 is 1.20 bits per heavy atom. The second-order valence-electron chi connectivity index (χ2n) is 4.53. The number of rotatable bonds is 4. The number of nitrogens with one attached hydrogen (secondary N) is 2. The maximum Gasteiger partial charge on any atom is 0.168 e. The van der Waals surface area contributed by atoms with Crippen LogP contribution in [0.5, 0.6) is 0 Å². The van der Waals surface area contributed by atoms with E-state index in [0.717, 1.165) is 23.0 Å². The first kappa shape index (κ1) is 14.2. The molecule has 7 heteroatoms. The Hall–Kier alpha value is -2.18. The molecular weight excluding hydrogens is 264 g/mol. The Morgan fingerprint density at radius 2 is 1.85 bits per heavy atom. The zero-order valence-electron chi connectivity index (χ0n) is 11.9. The lowest BCUT2D eigenvalue weighted by molar-refractivity contribution is 0.578. The predicted octanol–water partition coefficient (Wildman–Crippen LogP) is 2.36. The number of aryl methyl sites for hydroxylation is 2. The second kappa shape index (κ2) is 5.44. The Balaban J connectivity index is 2.23. The summed E-state index contributed by atoms with van der Waals surface area (Å²) in [5.74, 6) is -1.42. The fourth-order valence-electron chi connectivity index (χ4n) is 2.01. The quantitative estimate of drug-likeness (QED) is 0.903. The average molecular weight is 281 g/mol. The van der Waals surface area contributed by atoms with Gasteiger partial charge in [0.15, 0.2) is 23.3 Å². The molecule has 2 aromatic rings. The van der Waals surface area contributed by atoms with Gasteiger partial charge < -0.3 is 10.6 Å². The van der Waals surface area contributed by atoms with Crippen LogP contribution in [0.15, 0.2) is 6.07 Å². The molecule has 0 spiro atoms. The maximum atomic E-state index is 13.7. The van der Waals surface area contributed by atoms with Crippen LogP contribution in [0.4, 0.5) is 20.4 Å². The summed E-state index contributed by atoms with van der Waals surface area (Å²) in [6.45, 7) is 4.20. The lowest BCUT2D eigenvalue weighted by Crippen LogP contribution is -2.08. The van der Waals surface area contributed by atoms with Crippen molar-refractivity contribution in [2.75, 3.05) is 17.7 Å². The molecule has 0 aliphatic carbocycles. The molecule has 5 nitrogen and oxygen atoms in total. The molecule has 108 valence electrons. The van der Waals surface area contributed by atoms with Crippen molar-refractivity contribution in [1.29, 1.82) is 0 Å². The first-order valence-corrected chi connectivity index (χ1v) is 6.20. The molecule has 0 unspecified atom stereocenters. The number of nitrogens with zero attached hydrogens (tertiary/aromatic N) is 3. The fourth-order valence-corrected chi connectivity index (χ4v) is 2.01. The van der Waals surface area contributed by atoms with Crippen LogP contribution in [0.25, 0.3) is 0 Å². The molecule has 0 atom stereocenters. The Bertz CT molecular complexity index is 636. The summed E-state index contributed by atoms with van der Waals surface area (Å²) < 4.78 is 28.7. The third kappa shape index (κ3) is 2.56. The van der Waals surface area contributed by atoms with E-state index in [0.29, 0.717) is 6.54 Å². The van der Waals surface area contributed by atoms with Crippen molar-refractivity contribution in [1.82, 2.24) is 14.8 Å². The Kier molecular flexibility index (Phi) is 3.87. The first-order chi connectivity index (χ1) is 9.43. The van der Waals surface area contributed by atoms with E-state index in [9.17, 15) is 8.78 Å². The van der Waals surface area contributed by atoms with E-state index in [1.165, 1.54) is 7.05 Å². The zero-order valence-corrected chi connectivity index (χ0v) is 11.9. The highest BCUT2D eigenvalue weighted by molar-refractivity contribution is 5.47. The molecule has 0 saturated carbocycles. The number of hydrogen-bond donors (Lipinski definition) is 2.